The quantitative estimate of drug-likeness (QED) is 0.406. The van der Waals surface area contributed by atoms with E-state index >= 15 is 0 Å². The second kappa shape index (κ2) is 10.1. The van der Waals surface area contributed by atoms with Crippen molar-refractivity contribution in [2.75, 3.05) is 58.6 Å². The van der Waals surface area contributed by atoms with Gasteiger partial charge in [-0.2, -0.15) is 4.72 Å². The fourth-order valence-corrected chi connectivity index (χ4v) is 3.09. The number of carbonyl (C=O) groups is 1. The van der Waals surface area contributed by atoms with E-state index in [9.17, 15) is 13.2 Å². The molecule has 1 aliphatic rings. The normalized spacial score (nSPS) is 22.3. The van der Waals surface area contributed by atoms with Crippen LogP contribution in [-0.2, 0) is 14.8 Å². The molecule has 9 nitrogen and oxygen atoms in total. The molecule has 0 aromatic heterocycles. The van der Waals surface area contributed by atoms with Gasteiger partial charge in [0.25, 0.3) is 0 Å². The van der Waals surface area contributed by atoms with E-state index in [0.29, 0.717) is 6.41 Å². The highest BCUT2D eigenvalue weighted by molar-refractivity contribution is 7.88. The van der Waals surface area contributed by atoms with Gasteiger partial charge >= 0.3 is 0 Å². The Morgan fingerprint density at radius 3 is 2.00 bits per heavy atom. The Balaban J connectivity index is 2.48. The van der Waals surface area contributed by atoms with Crippen LogP contribution >= 0.6 is 0 Å². The molecule has 1 aliphatic heterocycles. The van der Waals surface area contributed by atoms with Gasteiger partial charge in [-0.3, -0.25) is 15.1 Å². The number of hydrazine groups is 1. The van der Waals surface area contributed by atoms with E-state index in [2.05, 4.69) is 25.7 Å². The van der Waals surface area contributed by atoms with Crippen molar-refractivity contribution in [1.29, 1.82) is 0 Å². The predicted octanol–water partition coefficient (Wildman–Crippen LogP) is -2.66. The van der Waals surface area contributed by atoms with Gasteiger partial charge in [-0.1, -0.05) is 0 Å². The average molecular weight is 336 g/mol. The van der Waals surface area contributed by atoms with Crippen molar-refractivity contribution in [2.24, 2.45) is 0 Å². The zero-order valence-electron chi connectivity index (χ0n) is 13.3. The van der Waals surface area contributed by atoms with Crippen molar-refractivity contribution < 1.29 is 13.2 Å². The van der Waals surface area contributed by atoms with Gasteiger partial charge in [-0.25, -0.2) is 13.4 Å². The van der Waals surface area contributed by atoms with E-state index in [1.165, 1.54) is 6.26 Å². The first-order valence-corrected chi connectivity index (χ1v) is 9.39. The average Bonchev–Trinajstić information content (AvgIpc) is 2.39. The van der Waals surface area contributed by atoms with E-state index in [-0.39, 0.29) is 6.17 Å². The fraction of sp³-hybridized carbons (Fsp3) is 0.917. The minimum Gasteiger partial charge on any atom is -0.314 e. The van der Waals surface area contributed by atoms with Crippen LogP contribution in [-0.4, -0.2) is 89.5 Å². The first-order chi connectivity index (χ1) is 10.4. The van der Waals surface area contributed by atoms with Crippen LogP contribution < -0.4 is 20.8 Å². The van der Waals surface area contributed by atoms with Crippen LogP contribution in [0.3, 0.4) is 0 Å². The molecule has 1 amide bonds. The van der Waals surface area contributed by atoms with Crippen LogP contribution in [0.2, 0.25) is 0 Å². The molecule has 1 fully saturated rings. The summed E-state index contributed by atoms with van der Waals surface area (Å²) >= 11 is 0. The summed E-state index contributed by atoms with van der Waals surface area (Å²) in [5.41, 5.74) is 2.67. The van der Waals surface area contributed by atoms with E-state index in [0.717, 1.165) is 52.4 Å². The lowest BCUT2D eigenvalue weighted by atomic mass is 10.4. The highest BCUT2D eigenvalue weighted by Gasteiger charge is 2.17. The van der Waals surface area contributed by atoms with Crippen LogP contribution in [0.5, 0.6) is 0 Å². The Kier molecular flexibility index (Phi) is 8.83. The van der Waals surface area contributed by atoms with Crippen LogP contribution in [0.15, 0.2) is 0 Å². The Morgan fingerprint density at radius 2 is 1.55 bits per heavy atom. The minimum absolute atomic E-state index is 0.241. The number of carbonyl (C=O) groups excluding carboxylic acids is 1. The molecular formula is C12H28N6O3S. The monoisotopic (exact) mass is 336 g/mol. The van der Waals surface area contributed by atoms with Crippen molar-refractivity contribution >= 4 is 16.4 Å². The maximum absolute atomic E-state index is 11.3. The third-order valence-electron chi connectivity index (χ3n) is 3.44. The molecule has 0 bridgehead atoms. The number of amides is 1. The Labute approximate surface area is 132 Å². The lowest BCUT2D eigenvalue weighted by molar-refractivity contribution is -0.113. The van der Waals surface area contributed by atoms with Crippen LogP contribution in [0.4, 0.5) is 0 Å². The van der Waals surface area contributed by atoms with E-state index < -0.39 is 10.0 Å². The second-order valence-electron chi connectivity index (χ2n) is 5.34. The first-order valence-electron chi connectivity index (χ1n) is 7.50. The fourth-order valence-electron chi connectivity index (χ4n) is 2.32. The largest absolute Gasteiger partial charge is 0.314 e. The third-order valence-corrected chi connectivity index (χ3v) is 4.21. The summed E-state index contributed by atoms with van der Waals surface area (Å²) < 4.78 is 25.3. The van der Waals surface area contributed by atoms with E-state index in [4.69, 9.17) is 0 Å². The summed E-state index contributed by atoms with van der Waals surface area (Å²) in [6.07, 6.45) is 1.62. The van der Waals surface area contributed by atoms with E-state index in [1.54, 1.807) is 0 Å². The van der Waals surface area contributed by atoms with Gasteiger partial charge in [0, 0.05) is 52.4 Å². The molecule has 0 radical (unpaired) electrons. The summed E-state index contributed by atoms with van der Waals surface area (Å²) in [6.45, 7) is 7.79. The summed E-state index contributed by atoms with van der Waals surface area (Å²) in [7, 11) is -3.22. The predicted molar refractivity (Wildman–Crippen MR) is 85.5 cm³/mol. The number of nitrogens with zero attached hydrogens (tertiary/aromatic N) is 2. The van der Waals surface area contributed by atoms with Crippen LogP contribution in [0.25, 0.3) is 0 Å². The molecule has 130 valence electrons. The highest BCUT2D eigenvalue weighted by Crippen LogP contribution is 1.97. The second-order valence-corrected chi connectivity index (χ2v) is 7.12. The van der Waals surface area contributed by atoms with E-state index in [1.807, 2.05) is 11.9 Å². The molecular weight excluding hydrogens is 308 g/mol. The molecule has 1 unspecified atom stereocenters. The van der Waals surface area contributed by atoms with Gasteiger partial charge in [0.2, 0.25) is 16.4 Å². The summed E-state index contributed by atoms with van der Waals surface area (Å²) in [6, 6.07) is 0. The standard InChI is InChI=1S/C12H28N6O3S/c1-12(16-22(2,20)21)17-7-3-13-5-9-18(15-11-19)10-6-14-4-8-17/h11-14,16H,3-10H2,1-2H3,(H,15,19). The van der Waals surface area contributed by atoms with Crippen molar-refractivity contribution in [3.8, 4) is 0 Å². The number of sulfonamides is 1. The van der Waals surface area contributed by atoms with Crippen LogP contribution in [0, 0.1) is 0 Å². The lowest BCUT2D eigenvalue weighted by Crippen LogP contribution is -2.52. The Hall–Kier alpha value is -0.780. The molecule has 22 heavy (non-hydrogen) atoms. The first kappa shape index (κ1) is 19.3. The Morgan fingerprint density at radius 1 is 1.05 bits per heavy atom. The number of rotatable bonds is 5. The molecule has 0 aliphatic carbocycles. The SMILES string of the molecule is CC(NS(C)(=O)=O)N1CCNCCN(NC=O)CCNCC1. The van der Waals surface area contributed by atoms with Crippen molar-refractivity contribution in [3.63, 3.8) is 0 Å². The highest BCUT2D eigenvalue weighted by atomic mass is 32.2. The molecule has 1 rings (SSSR count). The topological polar surface area (TPSA) is 106 Å². The third kappa shape index (κ3) is 8.61. The molecule has 1 saturated heterocycles. The zero-order chi connectivity index (χ0) is 16.4. The molecule has 0 aromatic carbocycles. The minimum atomic E-state index is -3.22. The molecule has 4 N–H and O–H groups in total. The van der Waals surface area contributed by atoms with Crippen molar-refractivity contribution in [2.45, 2.75) is 13.1 Å². The molecule has 10 heteroatoms. The molecule has 1 heterocycles. The lowest BCUT2D eigenvalue weighted by Gasteiger charge is -2.30. The van der Waals surface area contributed by atoms with Gasteiger partial charge in [0.05, 0.1) is 12.4 Å². The Bertz CT molecular complexity index is 405. The van der Waals surface area contributed by atoms with Gasteiger partial charge in [-0.05, 0) is 6.92 Å². The van der Waals surface area contributed by atoms with Crippen molar-refractivity contribution in [3.05, 3.63) is 0 Å². The smallest absolute Gasteiger partial charge is 0.221 e. The molecule has 0 saturated carbocycles. The maximum atomic E-state index is 11.3. The molecule has 0 aromatic rings. The van der Waals surface area contributed by atoms with Gasteiger partial charge in [-0.15, -0.1) is 0 Å². The van der Waals surface area contributed by atoms with Gasteiger partial charge < -0.3 is 10.6 Å². The number of hydrogen-bond donors (Lipinski definition) is 4. The van der Waals surface area contributed by atoms with Gasteiger partial charge in [0.15, 0.2) is 0 Å². The van der Waals surface area contributed by atoms with Gasteiger partial charge in [0.1, 0.15) is 0 Å². The number of nitrogens with one attached hydrogen (secondary N) is 4. The maximum Gasteiger partial charge on any atom is 0.221 e. The molecule has 1 atom stereocenters. The molecule has 0 spiro atoms. The van der Waals surface area contributed by atoms with Crippen LogP contribution in [0.1, 0.15) is 6.92 Å². The number of hydrogen-bond acceptors (Lipinski definition) is 7. The van der Waals surface area contributed by atoms with Crippen molar-refractivity contribution in [1.82, 2.24) is 30.7 Å². The zero-order valence-corrected chi connectivity index (χ0v) is 14.2. The summed E-state index contributed by atoms with van der Waals surface area (Å²) in [5.74, 6) is 0. The summed E-state index contributed by atoms with van der Waals surface area (Å²) in [5, 5.41) is 8.47. The summed E-state index contributed by atoms with van der Waals surface area (Å²) in [4.78, 5) is 12.6.